The minimum absolute atomic E-state index is 0.139. The van der Waals surface area contributed by atoms with Crippen molar-refractivity contribution < 1.29 is 17.6 Å². The van der Waals surface area contributed by atoms with Crippen molar-refractivity contribution in [1.82, 2.24) is 9.29 Å². The first-order chi connectivity index (χ1) is 16.0. The molecule has 0 unspecified atom stereocenters. The summed E-state index contributed by atoms with van der Waals surface area (Å²) < 4.78 is 40.4. The molecule has 4 rings (SSSR count). The molecule has 9 heteroatoms. The van der Waals surface area contributed by atoms with Crippen molar-refractivity contribution >= 4 is 24.2 Å². The molecule has 0 spiro atoms. The van der Waals surface area contributed by atoms with Crippen LogP contribution in [0, 0.1) is 0 Å². The minimum atomic E-state index is -3.62. The molecular formula is C25H37N3O4SSi. The van der Waals surface area contributed by atoms with Crippen molar-refractivity contribution in [3.05, 3.63) is 48.0 Å². The van der Waals surface area contributed by atoms with Gasteiger partial charge in [-0.1, -0.05) is 51.1 Å². The number of rotatable bonds is 8. The first kappa shape index (κ1) is 25.2. The van der Waals surface area contributed by atoms with Crippen LogP contribution in [0.3, 0.4) is 0 Å². The number of pyridine rings is 1. The molecule has 1 aromatic carbocycles. The third kappa shape index (κ3) is 5.32. The van der Waals surface area contributed by atoms with Crippen LogP contribution in [0.5, 0.6) is 5.88 Å². The number of benzene rings is 1. The molecule has 0 bridgehead atoms. The fourth-order valence-electron chi connectivity index (χ4n) is 3.91. The van der Waals surface area contributed by atoms with E-state index in [0.29, 0.717) is 13.1 Å². The second kappa shape index (κ2) is 9.60. The quantitative estimate of drug-likeness (QED) is 0.488. The van der Waals surface area contributed by atoms with E-state index in [1.54, 1.807) is 12.1 Å². The van der Waals surface area contributed by atoms with E-state index in [0.717, 1.165) is 37.3 Å². The van der Waals surface area contributed by atoms with Crippen LogP contribution in [-0.2, 0) is 21.1 Å². The Labute approximate surface area is 205 Å². The Morgan fingerprint density at radius 2 is 1.76 bits per heavy atom. The average molecular weight is 504 g/mol. The van der Waals surface area contributed by atoms with E-state index in [1.807, 2.05) is 30.3 Å². The first-order valence-electron chi connectivity index (χ1n) is 12.1. The van der Waals surface area contributed by atoms with Crippen molar-refractivity contribution in [1.29, 1.82) is 0 Å². The van der Waals surface area contributed by atoms with Crippen LogP contribution in [0.4, 0.5) is 5.82 Å². The summed E-state index contributed by atoms with van der Waals surface area (Å²) in [7, 11) is -5.48. The Bertz CT molecular complexity index is 1100. The van der Waals surface area contributed by atoms with Gasteiger partial charge in [-0.25, -0.2) is 8.42 Å². The summed E-state index contributed by atoms with van der Waals surface area (Å²) in [4.78, 5) is 7.02. The minimum Gasteiger partial charge on any atom is -0.472 e. The topological polar surface area (TPSA) is 72.0 Å². The van der Waals surface area contributed by atoms with Crippen LogP contribution in [0.1, 0.15) is 39.2 Å². The van der Waals surface area contributed by atoms with Gasteiger partial charge < -0.3 is 14.1 Å². The predicted molar refractivity (Wildman–Crippen MR) is 137 cm³/mol. The lowest BCUT2D eigenvalue weighted by atomic mass is 10.2. The van der Waals surface area contributed by atoms with E-state index in [2.05, 4.69) is 38.8 Å². The molecule has 2 fully saturated rings. The summed E-state index contributed by atoms with van der Waals surface area (Å²) in [5.41, 5.74) is 0.964. The van der Waals surface area contributed by atoms with Crippen LogP contribution < -0.4 is 9.64 Å². The van der Waals surface area contributed by atoms with Crippen LogP contribution in [0.25, 0.3) is 0 Å². The second-order valence-corrected chi connectivity index (χ2v) is 17.4. The highest BCUT2D eigenvalue weighted by molar-refractivity contribution is 7.89. The number of ether oxygens (including phenoxy) is 1. The maximum atomic E-state index is 13.2. The van der Waals surface area contributed by atoms with Gasteiger partial charge in [0.15, 0.2) is 8.32 Å². The van der Waals surface area contributed by atoms with E-state index >= 15 is 0 Å². The second-order valence-electron chi connectivity index (χ2n) is 10.7. The Morgan fingerprint density at radius 1 is 1.06 bits per heavy atom. The smallest absolute Gasteiger partial charge is 0.248 e. The summed E-state index contributed by atoms with van der Waals surface area (Å²) in [5.74, 6) is 0.897. The van der Waals surface area contributed by atoms with Gasteiger partial charge in [0.05, 0.1) is 6.10 Å². The third-order valence-corrected chi connectivity index (χ3v) is 13.6. The molecule has 2 aliphatic heterocycles. The SMILES string of the molecule is CC(C)(C)[Si](C)(C)O[C@H]1CCN(c2ccc(S(=O)(=O)N3CCC3)c(OCc3ccccc3)n2)C1. The number of anilines is 1. The molecule has 0 N–H and O–H groups in total. The van der Waals surface area contributed by atoms with Gasteiger partial charge in [0.1, 0.15) is 17.3 Å². The lowest BCUT2D eigenvalue weighted by Gasteiger charge is -2.38. The number of hydrogen-bond acceptors (Lipinski definition) is 6. The monoisotopic (exact) mass is 503 g/mol. The van der Waals surface area contributed by atoms with Gasteiger partial charge >= 0.3 is 0 Å². The normalized spacial score (nSPS) is 19.8. The Kier molecular flexibility index (Phi) is 7.10. The van der Waals surface area contributed by atoms with E-state index in [1.165, 1.54) is 4.31 Å². The molecule has 2 aliphatic rings. The van der Waals surface area contributed by atoms with Crippen LogP contribution in [0.15, 0.2) is 47.4 Å². The van der Waals surface area contributed by atoms with E-state index < -0.39 is 18.3 Å². The molecule has 186 valence electrons. The number of nitrogens with zero attached hydrogens (tertiary/aromatic N) is 3. The van der Waals surface area contributed by atoms with Crippen molar-refractivity contribution in [3.8, 4) is 5.88 Å². The summed E-state index contributed by atoms with van der Waals surface area (Å²) in [6.45, 7) is 14.2. The maximum Gasteiger partial charge on any atom is 0.248 e. The fraction of sp³-hybridized carbons (Fsp3) is 0.560. The summed E-state index contributed by atoms with van der Waals surface area (Å²) in [5, 5.41) is 0.157. The van der Waals surface area contributed by atoms with Gasteiger partial charge in [-0.3, -0.25) is 0 Å². The van der Waals surface area contributed by atoms with Gasteiger partial charge in [-0.2, -0.15) is 9.29 Å². The van der Waals surface area contributed by atoms with E-state index in [-0.39, 0.29) is 28.5 Å². The standard InChI is InChI=1S/C25H37N3O4SSi/c1-25(2,3)34(4,5)32-21-14-17-27(18-21)23-13-12-22(33(29,30)28-15-9-16-28)24(26-23)31-19-20-10-7-6-8-11-20/h6-8,10-13,21H,9,14-19H2,1-5H3/t21-/m0/s1. The molecule has 0 amide bonds. The predicted octanol–water partition coefficient (Wildman–Crippen LogP) is 4.66. The van der Waals surface area contributed by atoms with Gasteiger partial charge in [-0.05, 0) is 48.7 Å². The molecule has 3 heterocycles. The molecule has 2 aromatic rings. The molecule has 0 radical (unpaired) electrons. The molecule has 34 heavy (non-hydrogen) atoms. The highest BCUT2D eigenvalue weighted by Crippen LogP contribution is 2.39. The molecule has 7 nitrogen and oxygen atoms in total. The van der Waals surface area contributed by atoms with Crippen LogP contribution in [0.2, 0.25) is 18.1 Å². The largest absolute Gasteiger partial charge is 0.472 e. The average Bonchev–Trinajstić information content (AvgIpc) is 3.18. The van der Waals surface area contributed by atoms with Crippen LogP contribution >= 0.6 is 0 Å². The zero-order valence-corrected chi connectivity index (χ0v) is 22.8. The fourth-order valence-corrected chi connectivity index (χ4v) is 6.87. The first-order valence-corrected chi connectivity index (χ1v) is 16.4. The van der Waals surface area contributed by atoms with Crippen molar-refractivity contribution in [3.63, 3.8) is 0 Å². The highest BCUT2D eigenvalue weighted by Gasteiger charge is 2.41. The van der Waals surface area contributed by atoms with Crippen molar-refractivity contribution in [2.45, 2.75) is 69.4 Å². The lowest BCUT2D eigenvalue weighted by molar-refractivity contribution is 0.202. The summed E-state index contributed by atoms with van der Waals surface area (Å²) in [6.07, 6.45) is 1.97. The Balaban J connectivity index is 1.55. The molecule has 1 aromatic heterocycles. The maximum absolute atomic E-state index is 13.2. The molecule has 0 aliphatic carbocycles. The van der Waals surface area contributed by atoms with Crippen molar-refractivity contribution in [2.24, 2.45) is 0 Å². The number of sulfonamides is 1. The Morgan fingerprint density at radius 3 is 2.38 bits per heavy atom. The molecular weight excluding hydrogens is 466 g/mol. The number of hydrogen-bond donors (Lipinski definition) is 0. The van der Waals surface area contributed by atoms with E-state index in [4.69, 9.17) is 14.1 Å². The van der Waals surface area contributed by atoms with Gasteiger partial charge in [0.25, 0.3) is 0 Å². The van der Waals surface area contributed by atoms with Crippen LogP contribution in [-0.4, -0.2) is 58.3 Å². The lowest BCUT2D eigenvalue weighted by Crippen LogP contribution is -2.44. The van der Waals surface area contributed by atoms with Crippen molar-refractivity contribution in [2.75, 3.05) is 31.1 Å². The summed E-state index contributed by atoms with van der Waals surface area (Å²) in [6, 6.07) is 13.2. The van der Waals surface area contributed by atoms with Gasteiger partial charge in [0.2, 0.25) is 15.9 Å². The van der Waals surface area contributed by atoms with E-state index in [9.17, 15) is 8.42 Å². The molecule has 0 saturated carbocycles. The zero-order valence-electron chi connectivity index (χ0n) is 21.0. The Hall–Kier alpha value is -1.94. The highest BCUT2D eigenvalue weighted by atomic mass is 32.2. The zero-order chi connectivity index (χ0) is 24.6. The number of aromatic nitrogens is 1. The molecule has 1 atom stereocenters. The van der Waals surface area contributed by atoms with Gasteiger partial charge in [-0.15, -0.1) is 0 Å². The molecule has 2 saturated heterocycles. The summed E-state index contributed by atoms with van der Waals surface area (Å²) >= 11 is 0. The van der Waals surface area contributed by atoms with Gasteiger partial charge in [0, 0.05) is 26.2 Å². The third-order valence-electron chi connectivity index (χ3n) is 7.20.